The van der Waals surface area contributed by atoms with Crippen LogP contribution in [-0.2, 0) is 16.0 Å². The third-order valence-electron chi connectivity index (χ3n) is 4.40. The first kappa shape index (κ1) is 19.5. The predicted octanol–water partition coefficient (Wildman–Crippen LogP) is 3.92. The molecule has 0 saturated carbocycles. The number of anilines is 3. The summed E-state index contributed by atoms with van der Waals surface area (Å²) in [5.41, 5.74) is 2.37. The van der Waals surface area contributed by atoms with E-state index in [1.165, 1.54) is 5.56 Å². The predicted molar refractivity (Wildman–Crippen MR) is 108 cm³/mol. The van der Waals surface area contributed by atoms with Crippen molar-refractivity contribution in [3.8, 4) is 0 Å². The molecule has 0 bridgehead atoms. The van der Waals surface area contributed by atoms with Gasteiger partial charge in [-0.3, -0.25) is 9.59 Å². The van der Waals surface area contributed by atoms with Crippen molar-refractivity contribution in [2.45, 2.75) is 27.2 Å². The first-order valence-electron chi connectivity index (χ1n) is 8.73. The van der Waals surface area contributed by atoms with Gasteiger partial charge in [0, 0.05) is 31.2 Å². The fourth-order valence-electron chi connectivity index (χ4n) is 2.34. The summed E-state index contributed by atoms with van der Waals surface area (Å²) in [7, 11) is 3.90. The van der Waals surface area contributed by atoms with Crippen molar-refractivity contribution < 1.29 is 9.59 Å². The van der Waals surface area contributed by atoms with Crippen LogP contribution >= 0.6 is 0 Å². The summed E-state index contributed by atoms with van der Waals surface area (Å²) in [5.74, 6) is -0.693. The van der Waals surface area contributed by atoms with Gasteiger partial charge in [0.15, 0.2) is 0 Å². The van der Waals surface area contributed by atoms with E-state index in [4.69, 9.17) is 0 Å². The van der Waals surface area contributed by atoms with Crippen molar-refractivity contribution in [2.75, 3.05) is 29.6 Å². The van der Waals surface area contributed by atoms with Gasteiger partial charge >= 0.3 is 0 Å². The zero-order valence-electron chi connectivity index (χ0n) is 16.1. The van der Waals surface area contributed by atoms with Gasteiger partial charge in [0.25, 0.3) is 0 Å². The number of hydrogen-bond donors (Lipinski definition) is 2. The molecular formula is C21H27N3O2. The van der Waals surface area contributed by atoms with E-state index < -0.39 is 5.41 Å². The van der Waals surface area contributed by atoms with Gasteiger partial charge in [-0.1, -0.05) is 19.1 Å². The summed E-state index contributed by atoms with van der Waals surface area (Å²) in [6, 6.07) is 15.1. The first-order valence-corrected chi connectivity index (χ1v) is 8.73. The Bertz CT molecular complexity index is 763. The molecule has 0 aliphatic rings. The van der Waals surface area contributed by atoms with Gasteiger partial charge in [0.05, 0.1) is 0 Å². The maximum atomic E-state index is 12.6. The molecule has 0 unspecified atom stereocenters. The standard InChI is InChI=1S/C21H27N3O2/c1-6-15-7-9-16(10-8-15)22-19(25)21(2,3)20(26)23-17-11-13-18(14-12-17)24(4)5/h7-14H,6H2,1-5H3,(H,22,25)(H,23,26). The summed E-state index contributed by atoms with van der Waals surface area (Å²) in [6.45, 7) is 5.31. The molecule has 0 aromatic heterocycles. The van der Waals surface area contributed by atoms with Crippen molar-refractivity contribution in [1.29, 1.82) is 0 Å². The SMILES string of the molecule is CCc1ccc(NC(=O)C(C)(C)C(=O)Nc2ccc(N(C)C)cc2)cc1. The quantitative estimate of drug-likeness (QED) is 0.774. The molecule has 2 N–H and O–H groups in total. The van der Waals surface area contributed by atoms with E-state index in [-0.39, 0.29) is 11.8 Å². The van der Waals surface area contributed by atoms with Crippen LogP contribution in [0.15, 0.2) is 48.5 Å². The zero-order valence-corrected chi connectivity index (χ0v) is 16.1. The highest BCUT2D eigenvalue weighted by Crippen LogP contribution is 2.23. The highest BCUT2D eigenvalue weighted by Gasteiger charge is 2.36. The van der Waals surface area contributed by atoms with Crippen LogP contribution in [0.5, 0.6) is 0 Å². The molecule has 0 radical (unpaired) electrons. The second kappa shape index (κ2) is 8.04. The first-order chi connectivity index (χ1) is 12.2. The summed E-state index contributed by atoms with van der Waals surface area (Å²) in [5, 5.41) is 5.63. The van der Waals surface area contributed by atoms with Crippen molar-refractivity contribution in [3.63, 3.8) is 0 Å². The Hall–Kier alpha value is -2.82. The summed E-state index contributed by atoms with van der Waals surface area (Å²) >= 11 is 0. The Kier molecular flexibility index (Phi) is 6.03. The monoisotopic (exact) mass is 353 g/mol. The molecule has 2 aromatic rings. The lowest BCUT2D eigenvalue weighted by Crippen LogP contribution is -2.41. The molecule has 2 amide bonds. The molecule has 0 fully saturated rings. The minimum atomic E-state index is -1.20. The van der Waals surface area contributed by atoms with E-state index in [0.29, 0.717) is 11.4 Å². The number of nitrogens with one attached hydrogen (secondary N) is 2. The van der Waals surface area contributed by atoms with Gasteiger partial charge < -0.3 is 15.5 Å². The number of rotatable bonds is 6. The van der Waals surface area contributed by atoms with Crippen LogP contribution in [-0.4, -0.2) is 25.9 Å². The molecule has 138 valence electrons. The van der Waals surface area contributed by atoms with Crippen LogP contribution < -0.4 is 15.5 Å². The lowest BCUT2D eigenvalue weighted by Gasteiger charge is -2.23. The zero-order chi connectivity index (χ0) is 19.3. The second-order valence-electron chi connectivity index (χ2n) is 7.03. The number of hydrogen-bond acceptors (Lipinski definition) is 3. The molecule has 0 heterocycles. The number of aryl methyl sites for hydroxylation is 1. The molecule has 0 atom stereocenters. The fraction of sp³-hybridized carbons (Fsp3) is 0.333. The summed E-state index contributed by atoms with van der Waals surface area (Å²) in [4.78, 5) is 27.2. The van der Waals surface area contributed by atoms with Crippen molar-refractivity contribution >= 4 is 28.9 Å². The maximum absolute atomic E-state index is 12.6. The van der Waals surface area contributed by atoms with E-state index in [1.807, 2.05) is 67.5 Å². The average Bonchev–Trinajstić information content (AvgIpc) is 2.62. The van der Waals surface area contributed by atoms with E-state index >= 15 is 0 Å². The number of nitrogens with zero attached hydrogens (tertiary/aromatic N) is 1. The number of amides is 2. The number of benzene rings is 2. The molecule has 0 aliphatic heterocycles. The Morgan fingerprint density at radius 1 is 0.846 bits per heavy atom. The molecule has 0 aliphatic carbocycles. The summed E-state index contributed by atoms with van der Waals surface area (Å²) in [6.07, 6.45) is 0.939. The van der Waals surface area contributed by atoms with Gasteiger partial charge in [-0.2, -0.15) is 0 Å². The van der Waals surface area contributed by atoms with Crippen LogP contribution in [0, 0.1) is 5.41 Å². The van der Waals surface area contributed by atoms with Gasteiger partial charge in [0.1, 0.15) is 5.41 Å². The highest BCUT2D eigenvalue weighted by atomic mass is 16.2. The molecule has 0 saturated heterocycles. The molecule has 2 rings (SSSR count). The van der Waals surface area contributed by atoms with Crippen molar-refractivity contribution in [1.82, 2.24) is 0 Å². The van der Waals surface area contributed by atoms with Gasteiger partial charge in [-0.15, -0.1) is 0 Å². The number of carbonyl (C=O) groups excluding carboxylic acids is 2. The van der Waals surface area contributed by atoms with E-state index in [1.54, 1.807) is 13.8 Å². The molecule has 2 aromatic carbocycles. The van der Waals surface area contributed by atoms with Gasteiger partial charge in [-0.05, 0) is 62.2 Å². The second-order valence-corrected chi connectivity index (χ2v) is 7.03. The maximum Gasteiger partial charge on any atom is 0.239 e. The Labute approximate surface area is 155 Å². The molecule has 26 heavy (non-hydrogen) atoms. The Balaban J connectivity index is 2.04. The van der Waals surface area contributed by atoms with Crippen molar-refractivity contribution in [2.24, 2.45) is 5.41 Å². The fourth-order valence-corrected chi connectivity index (χ4v) is 2.34. The van der Waals surface area contributed by atoms with E-state index in [0.717, 1.165) is 12.1 Å². The smallest absolute Gasteiger partial charge is 0.239 e. The van der Waals surface area contributed by atoms with Crippen LogP contribution in [0.3, 0.4) is 0 Å². The lowest BCUT2D eigenvalue weighted by atomic mass is 9.90. The van der Waals surface area contributed by atoms with Gasteiger partial charge in [-0.25, -0.2) is 0 Å². The van der Waals surface area contributed by atoms with E-state index in [9.17, 15) is 9.59 Å². The summed E-state index contributed by atoms with van der Waals surface area (Å²) < 4.78 is 0. The minimum Gasteiger partial charge on any atom is -0.378 e. The van der Waals surface area contributed by atoms with Crippen molar-refractivity contribution in [3.05, 3.63) is 54.1 Å². The number of carbonyl (C=O) groups is 2. The third-order valence-corrected chi connectivity index (χ3v) is 4.40. The Morgan fingerprint density at radius 3 is 1.65 bits per heavy atom. The average molecular weight is 353 g/mol. The van der Waals surface area contributed by atoms with Crippen LogP contribution in [0.25, 0.3) is 0 Å². The van der Waals surface area contributed by atoms with Gasteiger partial charge in [0.2, 0.25) is 11.8 Å². The molecule has 5 nitrogen and oxygen atoms in total. The lowest BCUT2D eigenvalue weighted by molar-refractivity contribution is -0.135. The van der Waals surface area contributed by atoms with Crippen LogP contribution in [0.2, 0.25) is 0 Å². The van der Waals surface area contributed by atoms with Crippen LogP contribution in [0.4, 0.5) is 17.1 Å². The van der Waals surface area contributed by atoms with E-state index in [2.05, 4.69) is 17.6 Å². The largest absolute Gasteiger partial charge is 0.378 e. The third kappa shape index (κ3) is 4.63. The normalized spacial score (nSPS) is 11.0. The topological polar surface area (TPSA) is 61.4 Å². The molecule has 5 heteroatoms. The molecular weight excluding hydrogens is 326 g/mol. The molecule has 0 spiro atoms. The van der Waals surface area contributed by atoms with Crippen LogP contribution in [0.1, 0.15) is 26.3 Å². The minimum absolute atomic E-state index is 0.343. The Morgan fingerprint density at radius 2 is 1.27 bits per heavy atom. The highest BCUT2D eigenvalue weighted by molar-refractivity contribution is 6.14.